The first kappa shape index (κ1) is 59.7. The Morgan fingerprint density at radius 2 is 0.341 bits per heavy atom. The third-order valence-corrected chi connectivity index (χ3v) is 2.47. The van der Waals surface area contributed by atoms with Crippen molar-refractivity contribution in [1.29, 1.82) is 0 Å². The molecule has 0 unspecified atom stereocenters. The van der Waals surface area contributed by atoms with E-state index in [-0.39, 0.29) is 103 Å². The first-order valence-electron chi connectivity index (χ1n) is 12.0. The number of aliphatic hydroxyl groups is 6. The summed E-state index contributed by atoms with van der Waals surface area (Å²) in [6, 6.07) is 0. The summed E-state index contributed by atoms with van der Waals surface area (Å²) in [5.41, 5.74) is 0. The minimum Gasteiger partial charge on any atom is -0.512 e. The summed E-state index contributed by atoms with van der Waals surface area (Å²) >= 11 is 0. The van der Waals surface area contributed by atoms with Gasteiger partial charge in [0.05, 0.1) is 34.6 Å². The van der Waals surface area contributed by atoms with Gasteiger partial charge in [0.1, 0.15) is 0 Å². The van der Waals surface area contributed by atoms with Crippen molar-refractivity contribution < 1.29 is 93.5 Å². The van der Waals surface area contributed by atoms with Gasteiger partial charge in [0.25, 0.3) is 0 Å². The number of hydrogen-bond donors (Lipinski definition) is 6. The van der Waals surface area contributed by atoms with Crippen LogP contribution in [0.1, 0.15) is 83.1 Å². The van der Waals surface area contributed by atoms with E-state index >= 15 is 0 Å². The number of carbonyl (C=O) groups excluding carboxylic acids is 6. The molecular formula is C30H48Fe2O12. The summed E-state index contributed by atoms with van der Waals surface area (Å²) in [5.74, 6) is -0.375. The minimum atomic E-state index is -0.125. The molecule has 0 radical (unpaired) electrons. The van der Waals surface area contributed by atoms with Gasteiger partial charge >= 0.3 is 0 Å². The fourth-order valence-corrected chi connectivity index (χ4v) is 1.76. The molecule has 0 aliphatic heterocycles. The van der Waals surface area contributed by atoms with Crippen molar-refractivity contribution in [1.82, 2.24) is 0 Å². The van der Waals surface area contributed by atoms with Crippen LogP contribution in [-0.2, 0) is 62.9 Å². The Labute approximate surface area is 281 Å². The van der Waals surface area contributed by atoms with Crippen molar-refractivity contribution in [3.8, 4) is 0 Å². The zero-order chi connectivity index (χ0) is 35.2. The summed E-state index contributed by atoms with van der Waals surface area (Å²) in [6.45, 7) is 17.1. The van der Waals surface area contributed by atoms with Gasteiger partial charge in [-0.3, -0.25) is 28.8 Å². The predicted molar refractivity (Wildman–Crippen MR) is 162 cm³/mol. The predicted octanol–water partition coefficient (Wildman–Crippen LogP) is 6.22. The Morgan fingerprint density at radius 3 is 0.341 bits per heavy atom. The van der Waals surface area contributed by atoms with Crippen LogP contribution in [0.5, 0.6) is 0 Å². The van der Waals surface area contributed by atoms with E-state index in [0.29, 0.717) is 0 Å². The van der Waals surface area contributed by atoms with Gasteiger partial charge < -0.3 is 30.6 Å². The SMILES string of the molecule is CC(=O)/C=C(/C)O.CC(=O)/C=C(/C)O.CC(=O)/C=C(/C)O.CC(=O)/C=C(/C)O.CC(=O)/C=C(/C)O.CC(=O)/C=C(/C)O.[Fe].[Fe]. The Balaban J connectivity index is -0.0000000584. The number of carbonyl (C=O) groups is 6. The molecule has 44 heavy (non-hydrogen) atoms. The Kier molecular flexibility index (Phi) is 53.3. The van der Waals surface area contributed by atoms with Crippen molar-refractivity contribution in [3.05, 3.63) is 71.0 Å². The fraction of sp³-hybridized carbons (Fsp3) is 0.400. The monoisotopic (exact) mass is 712 g/mol. The number of hydrogen-bond acceptors (Lipinski definition) is 12. The van der Waals surface area contributed by atoms with E-state index in [1.54, 1.807) is 0 Å². The van der Waals surface area contributed by atoms with Crippen LogP contribution in [0.25, 0.3) is 0 Å². The first-order chi connectivity index (χ1) is 18.8. The van der Waals surface area contributed by atoms with Gasteiger partial charge in [0.2, 0.25) is 0 Å². The van der Waals surface area contributed by atoms with E-state index in [2.05, 4.69) is 0 Å². The molecule has 14 heteroatoms. The van der Waals surface area contributed by atoms with Crippen molar-refractivity contribution in [2.75, 3.05) is 0 Å². The smallest absolute Gasteiger partial charge is 0.155 e. The summed E-state index contributed by atoms with van der Waals surface area (Å²) in [5, 5.41) is 50.2. The molecule has 0 atom stereocenters. The number of aliphatic hydroxyl groups excluding tert-OH is 6. The average molecular weight is 712 g/mol. The molecule has 0 aliphatic carbocycles. The van der Waals surface area contributed by atoms with Gasteiger partial charge in [-0.05, 0) is 83.1 Å². The molecule has 0 saturated carbocycles. The fourth-order valence-electron chi connectivity index (χ4n) is 1.76. The van der Waals surface area contributed by atoms with E-state index in [9.17, 15) is 28.8 Å². The van der Waals surface area contributed by atoms with Crippen LogP contribution in [0, 0.1) is 0 Å². The van der Waals surface area contributed by atoms with Crippen molar-refractivity contribution >= 4 is 34.7 Å². The maximum atomic E-state index is 10.0. The quantitative estimate of drug-likeness (QED) is 0.103. The Morgan fingerprint density at radius 1 is 0.273 bits per heavy atom. The van der Waals surface area contributed by atoms with Crippen LogP contribution in [-0.4, -0.2) is 65.3 Å². The Bertz CT molecular complexity index is 821. The molecule has 0 saturated heterocycles. The van der Waals surface area contributed by atoms with Gasteiger partial charge in [0.15, 0.2) is 34.7 Å². The molecule has 12 nitrogen and oxygen atoms in total. The number of rotatable bonds is 6. The van der Waals surface area contributed by atoms with Gasteiger partial charge in [-0.25, -0.2) is 0 Å². The average Bonchev–Trinajstić information content (AvgIpc) is 2.63. The van der Waals surface area contributed by atoms with Crippen LogP contribution < -0.4 is 0 Å². The second-order valence-corrected chi connectivity index (χ2v) is 8.38. The van der Waals surface area contributed by atoms with Gasteiger partial charge in [-0.2, -0.15) is 0 Å². The topological polar surface area (TPSA) is 224 Å². The maximum Gasteiger partial charge on any atom is 0.155 e. The maximum absolute atomic E-state index is 10.0. The van der Waals surface area contributed by atoms with Crippen LogP contribution >= 0.6 is 0 Å². The second kappa shape index (κ2) is 39.3. The molecule has 0 spiro atoms. The molecule has 0 heterocycles. The normalized spacial score (nSPS) is 10.9. The number of allylic oxidation sites excluding steroid dienone is 12. The molecule has 0 aromatic heterocycles. The van der Waals surface area contributed by atoms with E-state index in [1.165, 1.54) is 120 Å². The van der Waals surface area contributed by atoms with Gasteiger partial charge in [0, 0.05) is 70.6 Å². The summed E-state index contributed by atoms with van der Waals surface area (Å²) < 4.78 is 0. The third kappa shape index (κ3) is 129. The summed E-state index contributed by atoms with van der Waals surface area (Å²) in [7, 11) is 0. The van der Waals surface area contributed by atoms with Crippen LogP contribution in [0.3, 0.4) is 0 Å². The molecule has 256 valence electrons. The molecule has 0 amide bonds. The first-order valence-corrected chi connectivity index (χ1v) is 12.0. The van der Waals surface area contributed by atoms with Gasteiger partial charge in [-0.1, -0.05) is 0 Å². The zero-order valence-corrected chi connectivity index (χ0v) is 29.5. The molecule has 0 aromatic rings. The zero-order valence-electron chi connectivity index (χ0n) is 27.3. The molecule has 0 bridgehead atoms. The molecule has 6 N–H and O–H groups in total. The molecule has 0 fully saturated rings. The van der Waals surface area contributed by atoms with Gasteiger partial charge in [-0.15, -0.1) is 0 Å². The Hall–Kier alpha value is -3.70. The van der Waals surface area contributed by atoms with E-state index in [0.717, 1.165) is 0 Å². The van der Waals surface area contributed by atoms with Crippen LogP contribution in [0.2, 0.25) is 0 Å². The van der Waals surface area contributed by atoms with Crippen molar-refractivity contribution in [3.63, 3.8) is 0 Å². The molecule has 0 aromatic carbocycles. The van der Waals surface area contributed by atoms with E-state index in [4.69, 9.17) is 30.6 Å². The molecular weight excluding hydrogens is 664 g/mol. The second-order valence-electron chi connectivity index (χ2n) is 8.38. The van der Waals surface area contributed by atoms with E-state index in [1.807, 2.05) is 0 Å². The number of ketones is 6. The summed E-state index contributed by atoms with van der Waals surface area (Å²) in [4.78, 5) is 60.1. The van der Waals surface area contributed by atoms with Crippen LogP contribution in [0.4, 0.5) is 0 Å². The molecule has 0 aliphatic rings. The van der Waals surface area contributed by atoms with E-state index < -0.39 is 0 Å². The van der Waals surface area contributed by atoms with Crippen molar-refractivity contribution in [2.24, 2.45) is 0 Å². The minimum absolute atomic E-state index is 0. The third-order valence-electron chi connectivity index (χ3n) is 2.47. The standard InChI is InChI=1S/6C5H8O2.2Fe/c6*1-4(6)3-5(2)7;;/h6*3,6H,1-2H3;;/b6*4-3-;;. The molecule has 0 rings (SSSR count). The van der Waals surface area contributed by atoms with Crippen LogP contribution in [0.15, 0.2) is 71.0 Å². The van der Waals surface area contributed by atoms with Crippen molar-refractivity contribution in [2.45, 2.75) is 83.1 Å². The summed E-state index contributed by atoms with van der Waals surface area (Å²) in [6.07, 6.45) is 7.00. The largest absolute Gasteiger partial charge is 0.512 e.